The summed E-state index contributed by atoms with van der Waals surface area (Å²) in [6.07, 6.45) is 7.71. The summed E-state index contributed by atoms with van der Waals surface area (Å²) >= 11 is 0. The molecule has 0 radical (unpaired) electrons. The summed E-state index contributed by atoms with van der Waals surface area (Å²) in [5, 5.41) is 0. The Hall–Kier alpha value is -1.51. The molecule has 0 aliphatic rings. The first-order chi connectivity index (χ1) is 10.5. The van der Waals surface area contributed by atoms with Crippen LogP contribution in [0.15, 0.2) is 24.3 Å². The molecule has 0 saturated heterocycles. The van der Waals surface area contributed by atoms with Crippen molar-refractivity contribution in [3.63, 3.8) is 0 Å². The third-order valence-electron chi connectivity index (χ3n) is 3.27. The van der Waals surface area contributed by atoms with E-state index < -0.39 is 10.0 Å². The molecule has 0 spiro atoms. The van der Waals surface area contributed by atoms with Gasteiger partial charge in [-0.2, -0.15) is 0 Å². The first-order valence-electron chi connectivity index (χ1n) is 7.59. The highest BCUT2D eigenvalue weighted by molar-refractivity contribution is 7.89. The van der Waals surface area contributed by atoms with Crippen LogP contribution in [0.2, 0.25) is 0 Å². The van der Waals surface area contributed by atoms with Crippen LogP contribution >= 0.6 is 0 Å². The minimum atomic E-state index is -3.19. The van der Waals surface area contributed by atoms with E-state index in [9.17, 15) is 8.42 Å². The van der Waals surface area contributed by atoms with Crippen LogP contribution in [0.4, 0.5) is 0 Å². The molecular formula is C17H25NO3S. The third kappa shape index (κ3) is 7.48. The van der Waals surface area contributed by atoms with E-state index in [4.69, 9.17) is 11.2 Å². The van der Waals surface area contributed by atoms with Crippen molar-refractivity contribution < 1.29 is 13.2 Å². The number of hydrogen-bond acceptors (Lipinski definition) is 3. The molecule has 5 heteroatoms. The van der Waals surface area contributed by atoms with E-state index in [2.05, 4.69) is 17.6 Å². The zero-order valence-electron chi connectivity index (χ0n) is 13.3. The molecule has 22 heavy (non-hydrogen) atoms. The molecular weight excluding hydrogens is 298 g/mol. The summed E-state index contributed by atoms with van der Waals surface area (Å²) < 4.78 is 31.8. The number of terminal acetylenes is 1. The quantitative estimate of drug-likeness (QED) is 0.673. The maximum Gasteiger partial charge on any atom is 0.211 e. The van der Waals surface area contributed by atoms with Crippen molar-refractivity contribution in [3.8, 4) is 18.1 Å². The molecule has 0 aromatic heterocycles. The average Bonchev–Trinajstić information content (AvgIpc) is 2.46. The Kier molecular flexibility index (Phi) is 8.00. The molecule has 0 saturated carbocycles. The minimum absolute atomic E-state index is 0.190. The lowest BCUT2D eigenvalue weighted by atomic mass is 10.1. The second-order valence-electron chi connectivity index (χ2n) is 5.46. The predicted octanol–water partition coefficient (Wildman–Crippen LogP) is 2.60. The SMILES string of the molecule is C#CCOc1ccc(CCNS(=O)(=O)CC(C)CCC)cc1. The van der Waals surface area contributed by atoms with E-state index in [1.165, 1.54) is 0 Å². The Labute approximate surface area is 134 Å². The molecule has 0 aliphatic carbocycles. The second kappa shape index (κ2) is 9.50. The summed E-state index contributed by atoms with van der Waals surface area (Å²) in [5.41, 5.74) is 1.05. The van der Waals surface area contributed by atoms with E-state index in [1.807, 2.05) is 31.2 Å². The predicted molar refractivity (Wildman–Crippen MR) is 90.3 cm³/mol. The Morgan fingerprint density at radius 2 is 2.00 bits per heavy atom. The molecule has 1 atom stereocenters. The fourth-order valence-electron chi connectivity index (χ4n) is 2.24. The lowest BCUT2D eigenvalue weighted by molar-refractivity contribution is 0.370. The summed E-state index contributed by atoms with van der Waals surface area (Å²) in [6.45, 7) is 4.69. The van der Waals surface area contributed by atoms with Gasteiger partial charge < -0.3 is 4.74 Å². The first-order valence-corrected chi connectivity index (χ1v) is 9.24. The normalized spacial score (nSPS) is 12.6. The van der Waals surface area contributed by atoms with E-state index in [0.717, 1.165) is 24.2 Å². The van der Waals surface area contributed by atoms with Crippen molar-refractivity contribution in [2.75, 3.05) is 18.9 Å². The van der Waals surface area contributed by atoms with Crippen molar-refractivity contribution >= 4 is 10.0 Å². The minimum Gasteiger partial charge on any atom is -0.481 e. The summed E-state index contributed by atoms with van der Waals surface area (Å²) in [4.78, 5) is 0. The highest BCUT2D eigenvalue weighted by Gasteiger charge is 2.14. The van der Waals surface area contributed by atoms with Crippen LogP contribution in [-0.4, -0.2) is 27.3 Å². The molecule has 0 heterocycles. The molecule has 1 aromatic rings. The van der Waals surface area contributed by atoms with Crippen LogP contribution in [0.5, 0.6) is 5.75 Å². The Morgan fingerprint density at radius 1 is 1.32 bits per heavy atom. The van der Waals surface area contributed by atoms with E-state index in [-0.39, 0.29) is 18.3 Å². The molecule has 0 bridgehead atoms. The fraction of sp³-hybridized carbons (Fsp3) is 0.529. The van der Waals surface area contributed by atoms with Crippen LogP contribution in [0, 0.1) is 18.3 Å². The van der Waals surface area contributed by atoms with Crippen molar-refractivity contribution in [1.82, 2.24) is 4.72 Å². The number of rotatable bonds is 10. The van der Waals surface area contributed by atoms with Crippen LogP contribution in [-0.2, 0) is 16.4 Å². The molecule has 1 rings (SSSR count). The number of ether oxygens (including phenoxy) is 1. The van der Waals surface area contributed by atoms with Gasteiger partial charge in [0.2, 0.25) is 10.0 Å². The van der Waals surface area contributed by atoms with Gasteiger partial charge in [-0.3, -0.25) is 0 Å². The molecule has 4 nitrogen and oxygen atoms in total. The monoisotopic (exact) mass is 323 g/mol. The number of benzene rings is 1. The van der Waals surface area contributed by atoms with Crippen molar-refractivity contribution in [3.05, 3.63) is 29.8 Å². The first kappa shape index (κ1) is 18.5. The highest BCUT2D eigenvalue weighted by Crippen LogP contribution is 2.12. The second-order valence-corrected chi connectivity index (χ2v) is 7.31. The zero-order chi connectivity index (χ0) is 16.4. The van der Waals surface area contributed by atoms with Crippen LogP contribution in [0.3, 0.4) is 0 Å². The fourth-order valence-corrected chi connectivity index (χ4v) is 3.68. The number of nitrogens with one attached hydrogen (secondary N) is 1. The van der Waals surface area contributed by atoms with E-state index >= 15 is 0 Å². The average molecular weight is 323 g/mol. The topological polar surface area (TPSA) is 55.4 Å². The molecule has 0 fully saturated rings. The number of hydrogen-bond donors (Lipinski definition) is 1. The molecule has 1 aromatic carbocycles. The largest absolute Gasteiger partial charge is 0.481 e. The van der Waals surface area contributed by atoms with E-state index in [0.29, 0.717) is 13.0 Å². The van der Waals surface area contributed by atoms with Crippen LogP contribution in [0.1, 0.15) is 32.3 Å². The van der Waals surface area contributed by atoms with Crippen LogP contribution in [0.25, 0.3) is 0 Å². The maximum atomic E-state index is 11.9. The van der Waals surface area contributed by atoms with Gasteiger partial charge in [-0.05, 0) is 36.5 Å². The Balaban J connectivity index is 2.38. The summed E-state index contributed by atoms with van der Waals surface area (Å²) in [6, 6.07) is 7.51. The molecule has 0 amide bonds. The van der Waals surface area contributed by atoms with Crippen LogP contribution < -0.4 is 9.46 Å². The van der Waals surface area contributed by atoms with Gasteiger partial charge in [0.1, 0.15) is 12.4 Å². The van der Waals surface area contributed by atoms with Gasteiger partial charge in [-0.1, -0.05) is 38.3 Å². The van der Waals surface area contributed by atoms with Gasteiger partial charge in [0.25, 0.3) is 0 Å². The van der Waals surface area contributed by atoms with E-state index in [1.54, 1.807) is 0 Å². The van der Waals surface area contributed by atoms with Crippen molar-refractivity contribution in [1.29, 1.82) is 0 Å². The highest BCUT2D eigenvalue weighted by atomic mass is 32.2. The summed E-state index contributed by atoms with van der Waals surface area (Å²) in [7, 11) is -3.19. The van der Waals surface area contributed by atoms with Gasteiger partial charge in [0.05, 0.1) is 5.75 Å². The molecule has 1 N–H and O–H groups in total. The zero-order valence-corrected chi connectivity index (χ0v) is 14.2. The third-order valence-corrected chi connectivity index (χ3v) is 4.92. The molecule has 0 aliphatic heterocycles. The van der Waals surface area contributed by atoms with Gasteiger partial charge >= 0.3 is 0 Å². The van der Waals surface area contributed by atoms with Gasteiger partial charge in [-0.15, -0.1) is 6.42 Å². The van der Waals surface area contributed by atoms with Gasteiger partial charge in [0, 0.05) is 6.54 Å². The maximum absolute atomic E-state index is 11.9. The molecule has 1 unspecified atom stereocenters. The standard InChI is InChI=1S/C17H25NO3S/c1-4-6-15(3)14-22(19,20)18-12-11-16-7-9-17(10-8-16)21-13-5-2/h2,7-10,15,18H,4,6,11-14H2,1,3H3. The summed E-state index contributed by atoms with van der Waals surface area (Å²) in [5.74, 6) is 3.51. The Bertz CT molecular complexity index is 573. The Morgan fingerprint density at radius 3 is 2.59 bits per heavy atom. The number of sulfonamides is 1. The lowest BCUT2D eigenvalue weighted by Crippen LogP contribution is -2.30. The lowest BCUT2D eigenvalue weighted by Gasteiger charge is -2.12. The van der Waals surface area contributed by atoms with Crippen molar-refractivity contribution in [2.45, 2.75) is 33.1 Å². The van der Waals surface area contributed by atoms with Crippen molar-refractivity contribution in [2.24, 2.45) is 5.92 Å². The smallest absolute Gasteiger partial charge is 0.211 e. The van der Waals surface area contributed by atoms with Gasteiger partial charge in [-0.25, -0.2) is 13.1 Å². The molecule has 122 valence electrons. The van der Waals surface area contributed by atoms with Gasteiger partial charge in [0.15, 0.2) is 0 Å².